The van der Waals surface area contributed by atoms with Gasteiger partial charge in [-0.1, -0.05) is 20.3 Å². The summed E-state index contributed by atoms with van der Waals surface area (Å²) in [7, 11) is 0. The predicted molar refractivity (Wildman–Crippen MR) is 129 cm³/mol. The first kappa shape index (κ1) is 32.1. The molecule has 9 N–H and O–H groups in total. The summed E-state index contributed by atoms with van der Waals surface area (Å²) in [5.74, 6) is -5.28. The Labute approximate surface area is 208 Å². The number of hydrogen-bond acceptors (Lipinski definition) is 8. The number of nitrogens with two attached hydrogens (primary N) is 2. The van der Waals surface area contributed by atoms with Crippen molar-refractivity contribution in [1.82, 2.24) is 16.0 Å². The van der Waals surface area contributed by atoms with Crippen LogP contribution < -0.4 is 27.4 Å². The van der Waals surface area contributed by atoms with Gasteiger partial charge in [0.25, 0.3) is 0 Å². The van der Waals surface area contributed by atoms with E-state index in [9.17, 15) is 33.9 Å². The molecule has 5 unspecified atom stereocenters. The van der Waals surface area contributed by atoms with Gasteiger partial charge in [-0.05, 0) is 37.2 Å². The zero-order chi connectivity index (χ0) is 27.1. The first-order chi connectivity index (χ1) is 16.3. The van der Waals surface area contributed by atoms with E-state index < -0.39 is 66.2 Å². The van der Waals surface area contributed by atoms with Crippen LogP contribution in [-0.4, -0.2) is 82.0 Å². The third-order valence-corrected chi connectivity index (χ3v) is 6.02. The first-order valence-electron chi connectivity index (χ1n) is 11.2. The van der Waals surface area contributed by atoms with Crippen LogP contribution in [0, 0.1) is 5.92 Å². The Morgan fingerprint density at radius 3 is 1.77 bits per heavy atom. The van der Waals surface area contributed by atoms with Crippen LogP contribution in [0.25, 0.3) is 0 Å². The molecule has 0 heterocycles. The number of carbonyl (C=O) groups excluding carboxylic acids is 4. The van der Waals surface area contributed by atoms with E-state index in [-0.39, 0.29) is 31.6 Å². The summed E-state index contributed by atoms with van der Waals surface area (Å²) in [4.78, 5) is 71.7. The Hall–Kier alpha value is -2.87. The van der Waals surface area contributed by atoms with Crippen LogP contribution >= 0.6 is 11.8 Å². The normalized spacial score (nSPS) is 15.1. The van der Waals surface area contributed by atoms with E-state index in [0.29, 0.717) is 12.2 Å². The topological polar surface area (TPSA) is 231 Å². The predicted octanol–water partition coefficient (Wildman–Crippen LogP) is -1.22. The number of amides is 4. The highest BCUT2D eigenvalue weighted by Gasteiger charge is 2.31. The summed E-state index contributed by atoms with van der Waals surface area (Å²) in [6.07, 6.45) is 1.35. The number of aliphatic carboxylic acids is 2. The van der Waals surface area contributed by atoms with Gasteiger partial charge in [0.1, 0.15) is 18.1 Å². The molecule has 0 saturated heterocycles. The number of hydrogen-bond donors (Lipinski definition) is 7. The largest absolute Gasteiger partial charge is 0.481 e. The Morgan fingerprint density at radius 1 is 0.829 bits per heavy atom. The third-order valence-electron chi connectivity index (χ3n) is 5.38. The summed E-state index contributed by atoms with van der Waals surface area (Å²) in [6.45, 7) is 3.60. The summed E-state index contributed by atoms with van der Waals surface area (Å²) < 4.78 is 0. The van der Waals surface area contributed by atoms with E-state index in [1.165, 1.54) is 11.8 Å². The maximum absolute atomic E-state index is 12.9. The SMILES string of the molecule is CCC(C)C(N)C(=O)NC(CCC(=O)O)C(=O)NC(CCSC)C(=O)NC(CCC(N)=O)C(=O)O. The Morgan fingerprint density at radius 2 is 1.31 bits per heavy atom. The number of nitrogens with one attached hydrogen (secondary N) is 3. The number of thioether (sulfide) groups is 1. The van der Waals surface area contributed by atoms with Gasteiger partial charge in [0.15, 0.2) is 0 Å². The molecule has 0 aromatic heterocycles. The molecule has 0 aliphatic rings. The average Bonchev–Trinajstić information content (AvgIpc) is 2.79. The molecule has 0 aliphatic carbocycles. The number of carboxylic acid groups (broad SMARTS) is 2. The second-order valence-corrected chi connectivity index (χ2v) is 9.14. The fraction of sp³-hybridized carbons (Fsp3) is 0.714. The zero-order valence-electron chi connectivity index (χ0n) is 20.2. The number of rotatable bonds is 18. The van der Waals surface area contributed by atoms with Crippen molar-refractivity contribution >= 4 is 47.3 Å². The molecule has 0 aliphatic heterocycles. The molecular formula is C21H37N5O8S. The van der Waals surface area contributed by atoms with E-state index in [1.807, 2.05) is 6.92 Å². The second kappa shape index (κ2) is 16.7. The second-order valence-electron chi connectivity index (χ2n) is 8.15. The van der Waals surface area contributed by atoms with Gasteiger partial charge < -0.3 is 37.6 Å². The smallest absolute Gasteiger partial charge is 0.326 e. The quantitative estimate of drug-likeness (QED) is 0.114. The minimum Gasteiger partial charge on any atom is -0.481 e. The van der Waals surface area contributed by atoms with Crippen LogP contribution in [0.5, 0.6) is 0 Å². The molecule has 200 valence electrons. The maximum Gasteiger partial charge on any atom is 0.326 e. The van der Waals surface area contributed by atoms with Crippen molar-refractivity contribution in [3.8, 4) is 0 Å². The Bertz CT molecular complexity index is 766. The molecule has 13 nitrogen and oxygen atoms in total. The monoisotopic (exact) mass is 519 g/mol. The summed E-state index contributed by atoms with van der Waals surface area (Å²) in [5, 5.41) is 25.6. The van der Waals surface area contributed by atoms with Gasteiger partial charge in [0.05, 0.1) is 6.04 Å². The highest BCUT2D eigenvalue weighted by atomic mass is 32.2. The van der Waals surface area contributed by atoms with E-state index in [1.54, 1.807) is 13.2 Å². The summed E-state index contributed by atoms with van der Waals surface area (Å²) >= 11 is 1.38. The number of carbonyl (C=O) groups is 6. The van der Waals surface area contributed by atoms with Gasteiger partial charge in [0.2, 0.25) is 23.6 Å². The van der Waals surface area contributed by atoms with Gasteiger partial charge in [-0.25, -0.2) is 4.79 Å². The van der Waals surface area contributed by atoms with E-state index >= 15 is 0 Å². The van der Waals surface area contributed by atoms with E-state index in [4.69, 9.17) is 16.6 Å². The third kappa shape index (κ3) is 13.0. The van der Waals surface area contributed by atoms with Crippen LogP contribution in [0.1, 0.15) is 52.4 Å². The van der Waals surface area contributed by atoms with Gasteiger partial charge in [-0.3, -0.25) is 24.0 Å². The first-order valence-corrected chi connectivity index (χ1v) is 12.6. The van der Waals surface area contributed by atoms with Crippen LogP contribution in [0.3, 0.4) is 0 Å². The minimum atomic E-state index is -1.40. The lowest BCUT2D eigenvalue weighted by atomic mass is 9.98. The fourth-order valence-corrected chi connectivity index (χ4v) is 3.38. The van der Waals surface area contributed by atoms with Gasteiger partial charge in [-0.15, -0.1) is 0 Å². The summed E-state index contributed by atoms with van der Waals surface area (Å²) in [5.41, 5.74) is 11.0. The van der Waals surface area contributed by atoms with E-state index in [2.05, 4.69) is 16.0 Å². The number of primary amides is 1. The van der Waals surface area contributed by atoms with Crippen LogP contribution in [0.15, 0.2) is 0 Å². The van der Waals surface area contributed by atoms with Crippen LogP contribution in [-0.2, 0) is 28.8 Å². The minimum absolute atomic E-state index is 0.132. The van der Waals surface area contributed by atoms with Gasteiger partial charge in [-0.2, -0.15) is 11.8 Å². The molecular weight excluding hydrogens is 482 g/mol. The maximum atomic E-state index is 12.9. The number of carboxylic acids is 2. The molecule has 0 aromatic rings. The van der Waals surface area contributed by atoms with Crippen molar-refractivity contribution in [3.63, 3.8) is 0 Å². The van der Waals surface area contributed by atoms with Crippen LogP contribution in [0.2, 0.25) is 0 Å². The molecule has 0 rings (SSSR count). The molecule has 35 heavy (non-hydrogen) atoms. The van der Waals surface area contributed by atoms with E-state index in [0.717, 1.165) is 0 Å². The van der Waals surface area contributed by atoms with Gasteiger partial charge in [0, 0.05) is 12.8 Å². The van der Waals surface area contributed by atoms with Crippen LogP contribution in [0.4, 0.5) is 0 Å². The molecule has 0 saturated carbocycles. The van der Waals surface area contributed by atoms with Crippen molar-refractivity contribution in [2.45, 2.75) is 76.5 Å². The van der Waals surface area contributed by atoms with Crippen molar-refractivity contribution < 1.29 is 39.0 Å². The van der Waals surface area contributed by atoms with Crippen molar-refractivity contribution in [2.24, 2.45) is 17.4 Å². The lowest BCUT2D eigenvalue weighted by Crippen LogP contribution is -2.57. The molecule has 4 amide bonds. The molecule has 14 heteroatoms. The molecule has 0 bridgehead atoms. The lowest BCUT2D eigenvalue weighted by Gasteiger charge is -2.26. The highest BCUT2D eigenvalue weighted by Crippen LogP contribution is 2.09. The van der Waals surface area contributed by atoms with Crippen molar-refractivity contribution in [3.05, 3.63) is 0 Å². The fourth-order valence-electron chi connectivity index (χ4n) is 2.91. The molecule has 0 fully saturated rings. The molecule has 5 atom stereocenters. The zero-order valence-corrected chi connectivity index (χ0v) is 21.1. The lowest BCUT2D eigenvalue weighted by molar-refractivity contribution is -0.142. The average molecular weight is 520 g/mol. The molecule has 0 spiro atoms. The molecule has 0 aromatic carbocycles. The van der Waals surface area contributed by atoms with Crippen molar-refractivity contribution in [2.75, 3.05) is 12.0 Å². The Balaban J connectivity index is 5.56. The molecule has 0 radical (unpaired) electrons. The van der Waals surface area contributed by atoms with Crippen molar-refractivity contribution in [1.29, 1.82) is 0 Å². The van der Waals surface area contributed by atoms with Gasteiger partial charge >= 0.3 is 11.9 Å². The highest BCUT2D eigenvalue weighted by molar-refractivity contribution is 7.98. The Kier molecular flexibility index (Phi) is 15.3. The summed E-state index contributed by atoms with van der Waals surface area (Å²) in [6, 6.07) is -4.77. The standard InChI is InChI=1S/C21H37N5O8S/c1-4-11(2)17(23)20(32)25-12(6-8-16(28)29)18(30)24-13(9-10-35-3)19(31)26-14(21(33)34)5-7-15(22)27/h11-14,17H,4-10,23H2,1-3H3,(H2,22,27)(H,24,30)(H,25,32)(H,26,31)(H,28,29)(H,33,34).